The quantitative estimate of drug-likeness (QED) is 0.774. The molecule has 4 nitrogen and oxygen atoms in total. The van der Waals surface area contributed by atoms with Crippen LogP contribution in [0.25, 0.3) is 5.69 Å². The summed E-state index contributed by atoms with van der Waals surface area (Å²) in [6, 6.07) is 8.26. The minimum absolute atomic E-state index is 0.146. The van der Waals surface area contributed by atoms with Crippen molar-refractivity contribution < 1.29 is 9.18 Å². The number of thiophene rings is 1. The molecule has 1 N–H and O–H groups in total. The van der Waals surface area contributed by atoms with Crippen LogP contribution in [-0.2, 0) is 19.4 Å². The average molecular weight is 355 g/mol. The molecule has 1 aliphatic rings. The minimum atomic E-state index is -0.281. The fourth-order valence-electron chi connectivity index (χ4n) is 3.25. The first-order valence-electron chi connectivity index (χ1n) is 8.31. The van der Waals surface area contributed by atoms with Crippen molar-refractivity contribution in [3.8, 4) is 5.69 Å². The Morgan fingerprint density at radius 1 is 1.28 bits per heavy atom. The van der Waals surface area contributed by atoms with Crippen LogP contribution in [0.15, 0.2) is 35.7 Å². The Balaban J connectivity index is 1.62. The van der Waals surface area contributed by atoms with Gasteiger partial charge < -0.3 is 5.32 Å². The molecule has 3 aromatic rings. The Bertz CT molecular complexity index is 927. The number of aryl methyl sites for hydroxylation is 1. The Hall–Kier alpha value is -2.47. The molecule has 0 spiro atoms. The molecule has 0 saturated carbocycles. The second kappa shape index (κ2) is 6.44. The summed E-state index contributed by atoms with van der Waals surface area (Å²) in [7, 11) is 0. The zero-order valence-corrected chi connectivity index (χ0v) is 14.7. The average Bonchev–Trinajstić information content (AvgIpc) is 3.30. The largest absolute Gasteiger partial charge is 0.346 e. The van der Waals surface area contributed by atoms with Crippen molar-refractivity contribution in [2.75, 3.05) is 0 Å². The number of rotatable bonds is 4. The monoisotopic (exact) mass is 355 g/mol. The Kier molecular flexibility index (Phi) is 4.13. The van der Waals surface area contributed by atoms with Crippen molar-refractivity contribution in [2.45, 2.75) is 32.7 Å². The summed E-state index contributed by atoms with van der Waals surface area (Å²) in [6.45, 7) is 2.56. The fourth-order valence-corrected chi connectivity index (χ4v) is 4.09. The highest BCUT2D eigenvalue weighted by Crippen LogP contribution is 2.28. The van der Waals surface area contributed by atoms with Crippen LogP contribution in [0.2, 0.25) is 0 Å². The lowest BCUT2D eigenvalue weighted by Gasteiger charge is -2.05. The summed E-state index contributed by atoms with van der Waals surface area (Å²) in [5.41, 5.74) is 4.54. The third-order valence-corrected chi connectivity index (χ3v) is 5.62. The van der Waals surface area contributed by atoms with Crippen molar-refractivity contribution in [3.63, 3.8) is 0 Å². The molecule has 0 bridgehead atoms. The molecular weight excluding hydrogens is 337 g/mol. The van der Waals surface area contributed by atoms with Crippen molar-refractivity contribution in [3.05, 3.63) is 68.9 Å². The standard InChI is InChI=1S/C19H18FN3OS/c1-12-9-10-25-17(12)11-21-19(24)18-15-3-2-4-16(15)23(22-18)14-7-5-13(20)6-8-14/h5-10H,2-4,11H2,1H3,(H,21,24). The number of carbonyl (C=O) groups excluding carboxylic acids is 1. The van der Waals surface area contributed by atoms with Crippen LogP contribution < -0.4 is 5.32 Å². The van der Waals surface area contributed by atoms with E-state index in [2.05, 4.69) is 10.4 Å². The van der Waals surface area contributed by atoms with Gasteiger partial charge in [0.05, 0.1) is 12.2 Å². The number of fused-ring (bicyclic) bond motifs is 1. The SMILES string of the molecule is Cc1ccsc1CNC(=O)c1nn(-c2ccc(F)cc2)c2c1CCC2. The summed E-state index contributed by atoms with van der Waals surface area (Å²) < 4.78 is 15.0. The van der Waals surface area contributed by atoms with Gasteiger partial charge in [0.1, 0.15) is 5.82 Å². The van der Waals surface area contributed by atoms with Gasteiger partial charge in [0.25, 0.3) is 5.91 Å². The summed E-state index contributed by atoms with van der Waals surface area (Å²) in [4.78, 5) is 13.8. The fraction of sp³-hybridized carbons (Fsp3) is 0.263. The molecule has 25 heavy (non-hydrogen) atoms. The predicted molar refractivity (Wildman–Crippen MR) is 95.8 cm³/mol. The van der Waals surface area contributed by atoms with Crippen molar-refractivity contribution in [1.29, 1.82) is 0 Å². The second-order valence-corrected chi connectivity index (χ2v) is 7.23. The lowest BCUT2D eigenvalue weighted by Crippen LogP contribution is -2.24. The van der Waals surface area contributed by atoms with E-state index in [-0.39, 0.29) is 11.7 Å². The normalized spacial score (nSPS) is 13.0. The van der Waals surface area contributed by atoms with Gasteiger partial charge in [0.15, 0.2) is 5.69 Å². The number of aromatic nitrogens is 2. The molecule has 2 aromatic heterocycles. The molecule has 0 fully saturated rings. The van der Waals surface area contributed by atoms with E-state index < -0.39 is 0 Å². The van der Waals surface area contributed by atoms with Crippen LogP contribution in [0.5, 0.6) is 0 Å². The van der Waals surface area contributed by atoms with Gasteiger partial charge in [-0.05, 0) is 67.5 Å². The van der Waals surface area contributed by atoms with Gasteiger partial charge in [-0.1, -0.05) is 0 Å². The Morgan fingerprint density at radius 2 is 2.08 bits per heavy atom. The lowest BCUT2D eigenvalue weighted by molar-refractivity contribution is 0.0945. The van der Waals surface area contributed by atoms with Gasteiger partial charge in [-0.25, -0.2) is 9.07 Å². The topological polar surface area (TPSA) is 46.9 Å². The highest BCUT2D eigenvalue weighted by molar-refractivity contribution is 7.10. The van der Waals surface area contributed by atoms with E-state index >= 15 is 0 Å². The number of nitrogens with one attached hydrogen (secondary N) is 1. The predicted octanol–water partition coefficient (Wildman–Crippen LogP) is 3.80. The molecule has 1 aliphatic carbocycles. The van der Waals surface area contributed by atoms with Crippen LogP contribution in [0.1, 0.15) is 38.6 Å². The number of carbonyl (C=O) groups is 1. The van der Waals surface area contributed by atoms with Crippen molar-refractivity contribution >= 4 is 17.2 Å². The van der Waals surface area contributed by atoms with E-state index in [1.54, 1.807) is 28.2 Å². The van der Waals surface area contributed by atoms with Gasteiger partial charge in [0, 0.05) is 16.1 Å². The number of hydrogen-bond acceptors (Lipinski definition) is 3. The van der Waals surface area contributed by atoms with E-state index in [0.29, 0.717) is 12.2 Å². The number of benzene rings is 1. The molecule has 1 aromatic carbocycles. The molecule has 128 valence electrons. The van der Waals surface area contributed by atoms with Gasteiger partial charge in [0.2, 0.25) is 0 Å². The van der Waals surface area contributed by atoms with Crippen LogP contribution in [0, 0.1) is 12.7 Å². The second-order valence-electron chi connectivity index (χ2n) is 6.23. The zero-order chi connectivity index (χ0) is 17.4. The number of hydrogen-bond donors (Lipinski definition) is 1. The van der Waals surface area contributed by atoms with E-state index in [9.17, 15) is 9.18 Å². The first kappa shape index (κ1) is 16.0. The van der Waals surface area contributed by atoms with Crippen molar-refractivity contribution in [2.24, 2.45) is 0 Å². The molecule has 4 rings (SSSR count). The van der Waals surface area contributed by atoms with E-state index in [0.717, 1.165) is 41.1 Å². The highest BCUT2D eigenvalue weighted by Gasteiger charge is 2.26. The molecule has 0 unspecified atom stereocenters. The molecule has 2 heterocycles. The molecule has 0 aliphatic heterocycles. The maximum atomic E-state index is 13.2. The van der Waals surface area contributed by atoms with Gasteiger partial charge in [-0.2, -0.15) is 5.10 Å². The van der Waals surface area contributed by atoms with Crippen LogP contribution in [0.3, 0.4) is 0 Å². The highest BCUT2D eigenvalue weighted by atomic mass is 32.1. The Labute approximate surface area is 149 Å². The van der Waals surface area contributed by atoms with Crippen LogP contribution >= 0.6 is 11.3 Å². The first-order chi connectivity index (χ1) is 12.1. The first-order valence-corrected chi connectivity index (χ1v) is 9.19. The van der Waals surface area contributed by atoms with Crippen LogP contribution in [-0.4, -0.2) is 15.7 Å². The van der Waals surface area contributed by atoms with E-state index in [1.807, 2.05) is 18.4 Å². The Morgan fingerprint density at radius 3 is 2.80 bits per heavy atom. The van der Waals surface area contributed by atoms with E-state index in [4.69, 9.17) is 0 Å². The summed E-state index contributed by atoms with van der Waals surface area (Å²) in [5.74, 6) is -0.427. The maximum Gasteiger partial charge on any atom is 0.272 e. The number of nitrogens with zero attached hydrogens (tertiary/aromatic N) is 2. The summed E-state index contributed by atoms with van der Waals surface area (Å²) in [6.07, 6.45) is 2.76. The minimum Gasteiger partial charge on any atom is -0.346 e. The molecule has 6 heteroatoms. The molecule has 0 atom stereocenters. The summed E-state index contributed by atoms with van der Waals surface area (Å²) >= 11 is 1.64. The van der Waals surface area contributed by atoms with Gasteiger partial charge in [-0.3, -0.25) is 4.79 Å². The zero-order valence-electron chi connectivity index (χ0n) is 13.9. The molecular formula is C19H18FN3OS. The van der Waals surface area contributed by atoms with Crippen LogP contribution in [0.4, 0.5) is 4.39 Å². The van der Waals surface area contributed by atoms with Crippen molar-refractivity contribution in [1.82, 2.24) is 15.1 Å². The lowest BCUT2D eigenvalue weighted by atomic mass is 10.2. The molecule has 1 amide bonds. The maximum absolute atomic E-state index is 13.2. The van der Waals surface area contributed by atoms with Gasteiger partial charge in [-0.15, -0.1) is 11.3 Å². The smallest absolute Gasteiger partial charge is 0.272 e. The third kappa shape index (κ3) is 2.98. The third-order valence-electron chi connectivity index (χ3n) is 4.59. The summed E-state index contributed by atoms with van der Waals surface area (Å²) in [5, 5.41) is 9.55. The molecule has 0 radical (unpaired) electrons. The number of amides is 1. The molecule has 0 saturated heterocycles. The van der Waals surface area contributed by atoms with Gasteiger partial charge >= 0.3 is 0 Å². The number of halogens is 1. The van der Waals surface area contributed by atoms with E-state index in [1.165, 1.54) is 17.7 Å².